The number of hydrogen-bond acceptors (Lipinski definition) is 2. The molecule has 2 rings (SSSR count). The first-order valence-corrected chi connectivity index (χ1v) is 6.73. The van der Waals surface area contributed by atoms with Gasteiger partial charge in [0.1, 0.15) is 5.82 Å². The molecule has 0 heterocycles. The fourth-order valence-electron chi connectivity index (χ4n) is 2.33. The van der Waals surface area contributed by atoms with Crippen LogP contribution in [0, 0.1) is 11.2 Å². The second kappa shape index (κ2) is 5.70. The first-order chi connectivity index (χ1) is 9.04. The van der Waals surface area contributed by atoms with Crippen LogP contribution in [0.25, 0.3) is 0 Å². The predicted octanol–water partition coefficient (Wildman–Crippen LogP) is 1.96. The number of nitrogens with zero attached hydrogens (tertiary/aromatic N) is 1. The van der Waals surface area contributed by atoms with Gasteiger partial charge in [0.15, 0.2) is 0 Å². The van der Waals surface area contributed by atoms with Crippen molar-refractivity contribution in [2.24, 2.45) is 11.1 Å². The highest BCUT2D eigenvalue weighted by Crippen LogP contribution is 2.44. The number of nitrogens with two attached hydrogens (primary N) is 1. The lowest BCUT2D eigenvalue weighted by Crippen LogP contribution is -2.35. The summed E-state index contributed by atoms with van der Waals surface area (Å²) in [6.45, 7) is 1.39. The van der Waals surface area contributed by atoms with Crippen molar-refractivity contribution in [3.63, 3.8) is 0 Å². The maximum absolute atomic E-state index is 13.0. The van der Waals surface area contributed by atoms with E-state index >= 15 is 0 Å². The molecular weight excluding hydrogens is 243 g/mol. The maximum atomic E-state index is 13.0. The number of aryl methyl sites for hydroxylation is 1. The number of amides is 1. The van der Waals surface area contributed by atoms with Crippen molar-refractivity contribution in [3.8, 4) is 0 Å². The molecule has 0 unspecified atom stereocenters. The zero-order chi connectivity index (χ0) is 13.9. The monoisotopic (exact) mass is 264 g/mol. The molecule has 1 aromatic rings. The summed E-state index contributed by atoms with van der Waals surface area (Å²) in [7, 11) is 1.82. The Labute approximate surface area is 113 Å². The highest BCUT2D eigenvalue weighted by Gasteiger charge is 2.42. The zero-order valence-corrected chi connectivity index (χ0v) is 11.4. The summed E-state index contributed by atoms with van der Waals surface area (Å²) >= 11 is 0. The van der Waals surface area contributed by atoms with Crippen LogP contribution in [0.3, 0.4) is 0 Å². The Morgan fingerprint density at radius 1 is 1.47 bits per heavy atom. The molecule has 0 radical (unpaired) electrons. The second-order valence-electron chi connectivity index (χ2n) is 5.58. The Balaban J connectivity index is 1.81. The number of halogens is 1. The van der Waals surface area contributed by atoms with Crippen LogP contribution in [0.4, 0.5) is 4.39 Å². The highest BCUT2D eigenvalue weighted by molar-refractivity contribution is 5.76. The third kappa shape index (κ3) is 3.77. The van der Waals surface area contributed by atoms with Gasteiger partial charge in [-0.1, -0.05) is 12.1 Å². The van der Waals surface area contributed by atoms with Gasteiger partial charge in [-0.15, -0.1) is 0 Å². The Hall–Kier alpha value is -1.42. The molecule has 1 saturated carbocycles. The molecule has 1 amide bonds. The molecule has 4 heteroatoms. The van der Waals surface area contributed by atoms with E-state index in [-0.39, 0.29) is 17.1 Å². The molecule has 0 spiro atoms. The van der Waals surface area contributed by atoms with E-state index < -0.39 is 0 Å². The molecule has 1 aliphatic carbocycles. The smallest absolute Gasteiger partial charge is 0.222 e. The van der Waals surface area contributed by atoms with E-state index in [1.807, 2.05) is 13.1 Å². The van der Waals surface area contributed by atoms with Crippen LogP contribution in [0.5, 0.6) is 0 Å². The normalized spacial score (nSPS) is 16.2. The third-order valence-corrected chi connectivity index (χ3v) is 3.91. The topological polar surface area (TPSA) is 46.3 Å². The third-order valence-electron chi connectivity index (χ3n) is 3.91. The first kappa shape index (κ1) is 14.0. The summed E-state index contributed by atoms with van der Waals surface area (Å²) in [4.78, 5) is 13.8. The Morgan fingerprint density at radius 2 is 2.21 bits per heavy atom. The van der Waals surface area contributed by atoms with Crippen LogP contribution in [0.15, 0.2) is 24.3 Å². The zero-order valence-electron chi connectivity index (χ0n) is 11.4. The summed E-state index contributed by atoms with van der Waals surface area (Å²) in [5.74, 6) is -0.151. The number of rotatable bonds is 6. The molecule has 0 saturated heterocycles. The van der Waals surface area contributed by atoms with Crippen molar-refractivity contribution in [2.45, 2.75) is 25.7 Å². The number of benzene rings is 1. The van der Waals surface area contributed by atoms with Gasteiger partial charge in [0, 0.05) is 25.4 Å². The van der Waals surface area contributed by atoms with Crippen LogP contribution >= 0.6 is 0 Å². The maximum Gasteiger partial charge on any atom is 0.222 e. The molecule has 0 bridgehead atoms. The van der Waals surface area contributed by atoms with Crippen LogP contribution in [-0.4, -0.2) is 30.9 Å². The van der Waals surface area contributed by atoms with Crippen LogP contribution in [0.2, 0.25) is 0 Å². The molecule has 2 N–H and O–H groups in total. The molecule has 0 atom stereocenters. The molecule has 19 heavy (non-hydrogen) atoms. The molecule has 1 fully saturated rings. The van der Waals surface area contributed by atoms with Crippen molar-refractivity contribution in [2.75, 3.05) is 20.1 Å². The van der Waals surface area contributed by atoms with E-state index in [1.54, 1.807) is 11.0 Å². The average Bonchev–Trinajstić information content (AvgIpc) is 3.16. The van der Waals surface area contributed by atoms with Crippen LogP contribution in [0.1, 0.15) is 24.8 Å². The van der Waals surface area contributed by atoms with Crippen molar-refractivity contribution in [1.29, 1.82) is 0 Å². The van der Waals surface area contributed by atoms with Gasteiger partial charge in [0.05, 0.1) is 0 Å². The first-order valence-electron chi connectivity index (χ1n) is 6.73. The van der Waals surface area contributed by atoms with Gasteiger partial charge < -0.3 is 10.6 Å². The molecule has 0 aromatic heterocycles. The standard InChI is InChI=1S/C15H21FN2O/c1-18(11-15(10-17)7-8-15)14(19)6-5-12-3-2-4-13(16)9-12/h2-4,9H,5-8,10-11,17H2,1H3. The molecule has 0 aliphatic heterocycles. The Bertz CT molecular complexity index is 457. The lowest BCUT2D eigenvalue weighted by Gasteiger charge is -2.22. The molecule has 104 valence electrons. The minimum absolute atomic E-state index is 0.101. The predicted molar refractivity (Wildman–Crippen MR) is 73.1 cm³/mol. The Kier molecular flexibility index (Phi) is 4.20. The van der Waals surface area contributed by atoms with Gasteiger partial charge in [0.25, 0.3) is 0 Å². The van der Waals surface area contributed by atoms with E-state index in [2.05, 4.69) is 0 Å². The van der Waals surface area contributed by atoms with Gasteiger partial charge >= 0.3 is 0 Å². The summed E-state index contributed by atoms with van der Waals surface area (Å²) in [6.07, 6.45) is 3.23. The van der Waals surface area contributed by atoms with E-state index in [1.165, 1.54) is 12.1 Å². The van der Waals surface area contributed by atoms with Gasteiger partial charge in [-0.25, -0.2) is 4.39 Å². The van der Waals surface area contributed by atoms with Crippen molar-refractivity contribution < 1.29 is 9.18 Å². The largest absolute Gasteiger partial charge is 0.345 e. The minimum atomic E-state index is -0.252. The van der Waals surface area contributed by atoms with Crippen LogP contribution in [-0.2, 0) is 11.2 Å². The Morgan fingerprint density at radius 3 is 2.79 bits per heavy atom. The second-order valence-corrected chi connectivity index (χ2v) is 5.58. The fraction of sp³-hybridized carbons (Fsp3) is 0.533. The van der Waals surface area contributed by atoms with Crippen molar-refractivity contribution >= 4 is 5.91 Å². The summed E-state index contributed by atoms with van der Waals surface area (Å²) < 4.78 is 13.0. The van der Waals surface area contributed by atoms with Crippen LogP contribution < -0.4 is 5.73 Å². The van der Waals surface area contributed by atoms with Gasteiger partial charge in [-0.05, 0) is 43.5 Å². The average molecular weight is 264 g/mol. The fourth-order valence-corrected chi connectivity index (χ4v) is 2.33. The summed E-state index contributed by atoms with van der Waals surface area (Å²) in [5.41, 5.74) is 6.75. The molecular formula is C15H21FN2O. The summed E-state index contributed by atoms with van der Waals surface area (Å²) in [6, 6.07) is 6.41. The summed E-state index contributed by atoms with van der Waals surface area (Å²) in [5, 5.41) is 0. The molecule has 1 aliphatic rings. The minimum Gasteiger partial charge on any atom is -0.345 e. The quantitative estimate of drug-likeness (QED) is 0.853. The lowest BCUT2D eigenvalue weighted by atomic mass is 10.1. The van der Waals surface area contributed by atoms with E-state index in [9.17, 15) is 9.18 Å². The SMILES string of the molecule is CN(CC1(CN)CC1)C(=O)CCc1cccc(F)c1. The van der Waals surface area contributed by atoms with Gasteiger partial charge in [-0.2, -0.15) is 0 Å². The van der Waals surface area contributed by atoms with Gasteiger partial charge in [-0.3, -0.25) is 4.79 Å². The lowest BCUT2D eigenvalue weighted by molar-refractivity contribution is -0.130. The number of carbonyl (C=O) groups excluding carboxylic acids is 1. The highest BCUT2D eigenvalue weighted by atomic mass is 19.1. The van der Waals surface area contributed by atoms with E-state index in [0.29, 0.717) is 19.4 Å². The number of hydrogen-bond donors (Lipinski definition) is 1. The number of carbonyl (C=O) groups is 1. The van der Waals surface area contributed by atoms with E-state index in [0.717, 1.165) is 24.9 Å². The van der Waals surface area contributed by atoms with Gasteiger partial charge in [0.2, 0.25) is 5.91 Å². The van der Waals surface area contributed by atoms with Crippen molar-refractivity contribution in [1.82, 2.24) is 4.90 Å². The van der Waals surface area contributed by atoms with Crippen molar-refractivity contribution in [3.05, 3.63) is 35.6 Å². The molecule has 3 nitrogen and oxygen atoms in total. The van der Waals surface area contributed by atoms with E-state index in [4.69, 9.17) is 5.73 Å². The molecule has 1 aromatic carbocycles.